The summed E-state index contributed by atoms with van der Waals surface area (Å²) in [6.07, 6.45) is 0.547. The third-order valence-corrected chi connectivity index (χ3v) is 4.39. The molecule has 0 aliphatic rings. The quantitative estimate of drug-likeness (QED) is 0.602. The summed E-state index contributed by atoms with van der Waals surface area (Å²) in [6.45, 7) is 1.31. The van der Waals surface area contributed by atoms with Crippen molar-refractivity contribution < 1.29 is 14.6 Å². The summed E-state index contributed by atoms with van der Waals surface area (Å²) in [6, 6.07) is 9.72. The third-order valence-electron chi connectivity index (χ3n) is 3.89. The number of aliphatic hydroxyl groups excluding tert-OH is 2. The van der Waals surface area contributed by atoms with Gasteiger partial charge in [0.15, 0.2) is 0 Å². The van der Waals surface area contributed by atoms with Crippen LogP contribution in [0, 0.1) is 5.82 Å². The number of anilines is 1. The molecule has 7 heteroatoms. The van der Waals surface area contributed by atoms with Gasteiger partial charge in [-0.1, -0.05) is 15.9 Å². The first kappa shape index (κ1) is 17.7. The second-order valence-corrected chi connectivity index (χ2v) is 6.60. The van der Waals surface area contributed by atoms with Crippen LogP contribution in [0.25, 0.3) is 10.9 Å². The SMILES string of the molecule is CC(Nc1ccnc2ccc(Br)cc12)c1nc(C(O)CO)ccc1F. The highest BCUT2D eigenvalue weighted by molar-refractivity contribution is 9.10. The van der Waals surface area contributed by atoms with E-state index in [0.29, 0.717) is 0 Å². The number of aliphatic hydroxyl groups is 2. The molecule has 2 aromatic heterocycles. The molecule has 2 atom stereocenters. The molecule has 2 heterocycles. The number of hydrogen-bond donors (Lipinski definition) is 3. The number of nitrogens with one attached hydrogen (secondary N) is 1. The average Bonchev–Trinajstić information content (AvgIpc) is 2.61. The van der Waals surface area contributed by atoms with E-state index < -0.39 is 24.6 Å². The van der Waals surface area contributed by atoms with Gasteiger partial charge in [0, 0.05) is 21.7 Å². The molecule has 130 valence electrons. The number of aromatic nitrogens is 2. The number of hydrogen-bond acceptors (Lipinski definition) is 5. The predicted octanol–water partition coefficient (Wildman–Crippen LogP) is 3.73. The highest BCUT2D eigenvalue weighted by Crippen LogP contribution is 2.29. The van der Waals surface area contributed by atoms with Crippen molar-refractivity contribution in [3.8, 4) is 0 Å². The number of benzene rings is 1. The van der Waals surface area contributed by atoms with Crippen molar-refractivity contribution in [3.05, 3.63) is 64.3 Å². The van der Waals surface area contributed by atoms with Crippen LogP contribution in [0.3, 0.4) is 0 Å². The number of rotatable bonds is 5. The molecule has 3 N–H and O–H groups in total. The van der Waals surface area contributed by atoms with Crippen LogP contribution < -0.4 is 5.32 Å². The highest BCUT2D eigenvalue weighted by atomic mass is 79.9. The molecule has 0 bridgehead atoms. The minimum atomic E-state index is -1.13. The number of halogens is 2. The standard InChI is InChI=1S/C18H17BrFN3O2/c1-10(18-13(20)3-5-16(23-18)17(25)9-24)22-15-6-7-21-14-4-2-11(19)8-12(14)15/h2-8,10,17,24-25H,9H2,1H3,(H,21,22). The zero-order chi connectivity index (χ0) is 18.0. The van der Waals surface area contributed by atoms with Gasteiger partial charge in [-0.2, -0.15) is 0 Å². The van der Waals surface area contributed by atoms with Crippen LogP contribution in [-0.4, -0.2) is 26.8 Å². The van der Waals surface area contributed by atoms with Crippen LogP contribution in [0.1, 0.15) is 30.5 Å². The lowest BCUT2D eigenvalue weighted by Crippen LogP contribution is -2.14. The summed E-state index contributed by atoms with van der Waals surface area (Å²) in [5.74, 6) is -0.478. The molecule has 0 saturated carbocycles. The van der Waals surface area contributed by atoms with Crippen LogP contribution in [-0.2, 0) is 0 Å². The fourth-order valence-corrected chi connectivity index (χ4v) is 2.96. The Morgan fingerprint density at radius 3 is 2.80 bits per heavy atom. The average molecular weight is 406 g/mol. The van der Waals surface area contributed by atoms with Crippen molar-refractivity contribution in [2.75, 3.05) is 11.9 Å². The molecule has 3 aromatic rings. The van der Waals surface area contributed by atoms with Gasteiger partial charge in [0.2, 0.25) is 0 Å². The molecule has 0 aliphatic carbocycles. The molecule has 0 radical (unpaired) electrons. The normalized spacial score (nSPS) is 13.6. The summed E-state index contributed by atoms with van der Waals surface area (Å²) in [7, 11) is 0. The topological polar surface area (TPSA) is 78.3 Å². The smallest absolute Gasteiger partial charge is 0.146 e. The van der Waals surface area contributed by atoms with E-state index >= 15 is 0 Å². The van der Waals surface area contributed by atoms with Crippen molar-refractivity contribution >= 4 is 32.5 Å². The first-order valence-electron chi connectivity index (χ1n) is 7.75. The Balaban J connectivity index is 1.95. The molecule has 2 unspecified atom stereocenters. The van der Waals surface area contributed by atoms with Gasteiger partial charge in [-0.05, 0) is 43.3 Å². The molecule has 0 spiro atoms. The maximum Gasteiger partial charge on any atom is 0.146 e. The minimum absolute atomic E-state index is 0.171. The van der Waals surface area contributed by atoms with E-state index in [9.17, 15) is 9.50 Å². The second kappa shape index (κ2) is 7.43. The fraction of sp³-hybridized carbons (Fsp3) is 0.222. The molecule has 5 nitrogen and oxygen atoms in total. The zero-order valence-corrected chi connectivity index (χ0v) is 15.0. The zero-order valence-electron chi connectivity index (χ0n) is 13.4. The molecule has 1 aromatic carbocycles. The highest BCUT2D eigenvalue weighted by Gasteiger charge is 2.17. The molecule has 25 heavy (non-hydrogen) atoms. The lowest BCUT2D eigenvalue weighted by atomic mass is 10.1. The van der Waals surface area contributed by atoms with Crippen molar-refractivity contribution in [2.24, 2.45) is 0 Å². The van der Waals surface area contributed by atoms with E-state index in [4.69, 9.17) is 5.11 Å². The van der Waals surface area contributed by atoms with Crippen molar-refractivity contribution in [1.82, 2.24) is 9.97 Å². The van der Waals surface area contributed by atoms with E-state index in [0.717, 1.165) is 21.1 Å². The van der Waals surface area contributed by atoms with Gasteiger partial charge in [-0.15, -0.1) is 0 Å². The Labute approximate surface area is 152 Å². The second-order valence-electron chi connectivity index (χ2n) is 5.69. The van der Waals surface area contributed by atoms with E-state index in [1.807, 2.05) is 24.3 Å². The third kappa shape index (κ3) is 3.78. The number of pyridine rings is 2. The Bertz CT molecular complexity index is 907. The van der Waals surface area contributed by atoms with Gasteiger partial charge in [-0.25, -0.2) is 9.37 Å². The van der Waals surface area contributed by atoms with Crippen LogP contribution >= 0.6 is 15.9 Å². The van der Waals surface area contributed by atoms with E-state index in [1.165, 1.54) is 12.1 Å². The van der Waals surface area contributed by atoms with Crippen molar-refractivity contribution in [1.29, 1.82) is 0 Å². The fourth-order valence-electron chi connectivity index (χ4n) is 2.60. The van der Waals surface area contributed by atoms with E-state index in [1.54, 1.807) is 13.1 Å². The lowest BCUT2D eigenvalue weighted by Gasteiger charge is -2.18. The van der Waals surface area contributed by atoms with Crippen LogP contribution in [0.5, 0.6) is 0 Å². The van der Waals surface area contributed by atoms with Gasteiger partial charge in [0.25, 0.3) is 0 Å². The Morgan fingerprint density at radius 1 is 1.24 bits per heavy atom. The largest absolute Gasteiger partial charge is 0.393 e. The van der Waals surface area contributed by atoms with Gasteiger partial charge in [-0.3, -0.25) is 4.98 Å². The summed E-state index contributed by atoms with van der Waals surface area (Å²) in [5.41, 5.74) is 2.02. The monoisotopic (exact) mass is 405 g/mol. The summed E-state index contributed by atoms with van der Waals surface area (Å²) in [5, 5.41) is 22.9. The number of nitrogens with zero attached hydrogens (tertiary/aromatic N) is 2. The van der Waals surface area contributed by atoms with Crippen LogP contribution in [0.4, 0.5) is 10.1 Å². The molecule has 0 saturated heterocycles. The first-order chi connectivity index (χ1) is 12.0. The van der Waals surface area contributed by atoms with Crippen LogP contribution in [0.2, 0.25) is 0 Å². The van der Waals surface area contributed by atoms with Gasteiger partial charge >= 0.3 is 0 Å². The van der Waals surface area contributed by atoms with E-state index in [-0.39, 0.29) is 11.4 Å². The molecule has 0 amide bonds. The van der Waals surface area contributed by atoms with Crippen molar-refractivity contribution in [2.45, 2.75) is 19.1 Å². The van der Waals surface area contributed by atoms with E-state index in [2.05, 4.69) is 31.2 Å². The van der Waals surface area contributed by atoms with Gasteiger partial charge in [0.05, 0.1) is 29.6 Å². The molecule has 3 rings (SSSR count). The van der Waals surface area contributed by atoms with Gasteiger partial charge < -0.3 is 15.5 Å². The molecular weight excluding hydrogens is 389 g/mol. The molecule has 0 aliphatic heterocycles. The summed E-state index contributed by atoms with van der Waals surface area (Å²) < 4.78 is 15.1. The lowest BCUT2D eigenvalue weighted by molar-refractivity contribution is 0.0919. The number of fused-ring (bicyclic) bond motifs is 1. The Hall–Kier alpha value is -2.09. The Kier molecular flexibility index (Phi) is 5.27. The van der Waals surface area contributed by atoms with Gasteiger partial charge in [0.1, 0.15) is 11.9 Å². The Morgan fingerprint density at radius 2 is 2.04 bits per heavy atom. The van der Waals surface area contributed by atoms with Crippen molar-refractivity contribution in [3.63, 3.8) is 0 Å². The first-order valence-corrected chi connectivity index (χ1v) is 8.55. The predicted molar refractivity (Wildman–Crippen MR) is 97.7 cm³/mol. The summed E-state index contributed by atoms with van der Waals surface area (Å²) in [4.78, 5) is 8.48. The maximum absolute atomic E-state index is 14.2. The maximum atomic E-state index is 14.2. The molecular formula is C18H17BrFN3O2. The molecule has 0 fully saturated rings. The van der Waals surface area contributed by atoms with Crippen LogP contribution in [0.15, 0.2) is 47.1 Å². The minimum Gasteiger partial charge on any atom is -0.393 e. The summed E-state index contributed by atoms with van der Waals surface area (Å²) >= 11 is 3.44.